The van der Waals surface area contributed by atoms with Gasteiger partial charge in [-0.2, -0.15) is 0 Å². The van der Waals surface area contributed by atoms with E-state index in [1.54, 1.807) is 20.3 Å². The van der Waals surface area contributed by atoms with Crippen molar-refractivity contribution in [3.8, 4) is 11.5 Å². The second-order valence-electron chi connectivity index (χ2n) is 7.70. The van der Waals surface area contributed by atoms with Crippen LogP contribution in [0.15, 0.2) is 66.7 Å². The first-order chi connectivity index (χ1) is 16.1. The van der Waals surface area contributed by atoms with E-state index >= 15 is 0 Å². The van der Waals surface area contributed by atoms with Crippen molar-refractivity contribution in [1.82, 2.24) is 14.9 Å². The molecule has 6 nitrogen and oxygen atoms in total. The highest BCUT2D eigenvalue weighted by atomic mass is 35.5. The van der Waals surface area contributed by atoms with Crippen LogP contribution in [-0.4, -0.2) is 36.2 Å². The van der Waals surface area contributed by atoms with Gasteiger partial charge in [-0.3, -0.25) is 4.79 Å². The molecule has 0 fully saturated rings. The Kier molecular flexibility index (Phi) is 7.15. The molecule has 0 bridgehead atoms. The minimum Gasteiger partial charge on any atom is -0.493 e. The maximum atomic E-state index is 12.5. The molecule has 0 saturated heterocycles. The van der Waals surface area contributed by atoms with Gasteiger partial charge in [0.2, 0.25) is 5.91 Å². The standard InChI is InChI=1S/C26H26ClN3O3/c1-32-23-12-9-19(15-24(23)33-2)16-26(31)28-14-13-25-29-21-5-3-4-6-22(21)30(25)17-18-7-10-20(27)11-8-18/h3-12,15H,13-14,16-17H2,1-2H3,(H,28,31). The Balaban J connectivity index is 1.43. The number of para-hydroxylation sites is 2. The summed E-state index contributed by atoms with van der Waals surface area (Å²) in [4.78, 5) is 17.3. The highest BCUT2D eigenvalue weighted by Crippen LogP contribution is 2.27. The average Bonchev–Trinajstić information content (AvgIpc) is 3.17. The molecular formula is C26H26ClN3O3. The summed E-state index contributed by atoms with van der Waals surface area (Å²) in [5.41, 5.74) is 4.01. The minimum atomic E-state index is -0.0532. The van der Waals surface area contributed by atoms with Gasteiger partial charge in [-0.05, 0) is 47.5 Å². The van der Waals surface area contributed by atoms with Crippen molar-refractivity contribution in [2.24, 2.45) is 0 Å². The predicted octanol–water partition coefficient (Wildman–Crippen LogP) is 4.66. The summed E-state index contributed by atoms with van der Waals surface area (Å²) in [6, 6.07) is 21.4. The van der Waals surface area contributed by atoms with Crippen LogP contribution < -0.4 is 14.8 Å². The van der Waals surface area contributed by atoms with Crippen molar-refractivity contribution in [2.75, 3.05) is 20.8 Å². The minimum absolute atomic E-state index is 0.0532. The molecule has 1 N–H and O–H groups in total. The summed E-state index contributed by atoms with van der Waals surface area (Å²) in [7, 11) is 3.17. The number of amides is 1. The molecule has 170 valence electrons. The third kappa shape index (κ3) is 5.46. The molecule has 7 heteroatoms. The third-order valence-electron chi connectivity index (χ3n) is 5.47. The molecule has 1 heterocycles. The molecular weight excluding hydrogens is 438 g/mol. The van der Waals surface area contributed by atoms with E-state index in [-0.39, 0.29) is 12.3 Å². The number of fused-ring (bicyclic) bond motifs is 1. The summed E-state index contributed by atoms with van der Waals surface area (Å²) < 4.78 is 12.8. The van der Waals surface area contributed by atoms with Gasteiger partial charge in [0.05, 0.1) is 31.7 Å². The van der Waals surface area contributed by atoms with Crippen LogP contribution in [0, 0.1) is 0 Å². The van der Waals surface area contributed by atoms with E-state index in [1.165, 1.54) is 0 Å². The van der Waals surface area contributed by atoms with Gasteiger partial charge in [-0.1, -0.05) is 41.9 Å². The van der Waals surface area contributed by atoms with E-state index in [2.05, 4.69) is 16.0 Å². The number of carbonyl (C=O) groups is 1. The lowest BCUT2D eigenvalue weighted by atomic mass is 10.1. The van der Waals surface area contributed by atoms with E-state index in [4.69, 9.17) is 26.1 Å². The third-order valence-corrected chi connectivity index (χ3v) is 5.72. The first kappa shape index (κ1) is 22.7. The molecule has 0 atom stereocenters. The highest BCUT2D eigenvalue weighted by Gasteiger charge is 2.12. The van der Waals surface area contributed by atoms with Crippen LogP contribution in [0.4, 0.5) is 0 Å². The van der Waals surface area contributed by atoms with Gasteiger partial charge >= 0.3 is 0 Å². The Morgan fingerprint density at radius 3 is 2.45 bits per heavy atom. The normalized spacial score (nSPS) is 10.9. The lowest BCUT2D eigenvalue weighted by Gasteiger charge is -2.11. The topological polar surface area (TPSA) is 65.4 Å². The summed E-state index contributed by atoms with van der Waals surface area (Å²) in [5.74, 6) is 2.13. The fourth-order valence-corrected chi connectivity index (χ4v) is 3.94. The summed E-state index contributed by atoms with van der Waals surface area (Å²) in [6.07, 6.45) is 0.890. The fraction of sp³-hybridized carbons (Fsp3) is 0.231. The molecule has 0 aliphatic heterocycles. The van der Waals surface area contributed by atoms with Gasteiger partial charge in [-0.15, -0.1) is 0 Å². The van der Waals surface area contributed by atoms with Crippen LogP contribution in [0.3, 0.4) is 0 Å². The van der Waals surface area contributed by atoms with Crippen molar-refractivity contribution in [3.05, 3.63) is 88.7 Å². The molecule has 0 radical (unpaired) electrons. The number of hydrogen-bond donors (Lipinski definition) is 1. The SMILES string of the molecule is COc1ccc(CC(=O)NCCc2nc3ccccc3n2Cc2ccc(Cl)cc2)cc1OC. The zero-order valence-electron chi connectivity index (χ0n) is 18.7. The summed E-state index contributed by atoms with van der Waals surface area (Å²) in [6.45, 7) is 1.18. The fourth-order valence-electron chi connectivity index (χ4n) is 3.82. The number of nitrogens with zero attached hydrogens (tertiary/aromatic N) is 2. The van der Waals surface area contributed by atoms with Crippen LogP contribution >= 0.6 is 11.6 Å². The van der Waals surface area contributed by atoms with E-state index < -0.39 is 0 Å². The number of ether oxygens (including phenoxy) is 2. The first-order valence-electron chi connectivity index (χ1n) is 10.7. The van der Waals surface area contributed by atoms with E-state index in [0.717, 1.165) is 28.0 Å². The molecule has 33 heavy (non-hydrogen) atoms. The Hall–Kier alpha value is -3.51. The number of nitrogens with one attached hydrogen (secondary N) is 1. The molecule has 0 spiro atoms. The van der Waals surface area contributed by atoms with Gasteiger partial charge in [-0.25, -0.2) is 4.98 Å². The number of methoxy groups -OCH3 is 2. The van der Waals surface area contributed by atoms with Crippen molar-refractivity contribution in [3.63, 3.8) is 0 Å². The number of hydrogen-bond acceptors (Lipinski definition) is 4. The monoisotopic (exact) mass is 463 g/mol. The zero-order chi connectivity index (χ0) is 23.2. The molecule has 0 saturated carbocycles. The Labute approximate surface area is 198 Å². The van der Waals surface area contributed by atoms with E-state index in [9.17, 15) is 4.79 Å². The van der Waals surface area contributed by atoms with Gasteiger partial charge < -0.3 is 19.4 Å². The predicted molar refractivity (Wildman–Crippen MR) is 130 cm³/mol. The molecule has 4 aromatic rings. The van der Waals surface area contributed by atoms with Gasteiger partial charge in [0.1, 0.15) is 5.82 Å². The second-order valence-corrected chi connectivity index (χ2v) is 8.13. The molecule has 0 aliphatic carbocycles. The maximum absolute atomic E-state index is 12.5. The van der Waals surface area contributed by atoms with E-state index in [0.29, 0.717) is 36.0 Å². The second kappa shape index (κ2) is 10.4. The van der Waals surface area contributed by atoms with Crippen LogP contribution in [0.25, 0.3) is 11.0 Å². The first-order valence-corrected chi connectivity index (χ1v) is 11.1. The lowest BCUT2D eigenvalue weighted by Crippen LogP contribution is -2.28. The molecule has 1 amide bonds. The van der Waals surface area contributed by atoms with Crippen molar-refractivity contribution >= 4 is 28.5 Å². The van der Waals surface area contributed by atoms with Crippen LogP contribution in [0.1, 0.15) is 17.0 Å². The number of rotatable bonds is 9. The van der Waals surface area contributed by atoms with Crippen LogP contribution in [0.5, 0.6) is 11.5 Å². The molecule has 1 aromatic heterocycles. The molecule has 4 rings (SSSR count). The molecule has 0 aliphatic rings. The van der Waals surface area contributed by atoms with Gasteiger partial charge in [0.15, 0.2) is 11.5 Å². The number of carbonyl (C=O) groups excluding carboxylic acids is 1. The van der Waals surface area contributed by atoms with E-state index in [1.807, 2.05) is 54.6 Å². The van der Waals surface area contributed by atoms with Crippen molar-refractivity contribution in [1.29, 1.82) is 0 Å². The molecule has 3 aromatic carbocycles. The van der Waals surface area contributed by atoms with Crippen LogP contribution in [0.2, 0.25) is 5.02 Å². The lowest BCUT2D eigenvalue weighted by molar-refractivity contribution is -0.120. The smallest absolute Gasteiger partial charge is 0.224 e. The Morgan fingerprint density at radius 1 is 0.970 bits per heavy atom. The van der Waals surface area contributed by atoms with Crippen LogP contribution in [-0.2, 0) is 24.2 Å². The van der Waals surface area contributed by atoms with Crippen molar-refractivity contribution in [2.45, 2.75) is 19.4 Å². The zero-order valence-corrected chi connectivity index (χ0v) is 19.4. The summed E-state index contributed by atoms with van der Waals surface area (Å²) in [5, 5.41) is 3.72. The molecule has 0 unspecified atom stereocenters. The van der Waals surface area contributed by atoms with Crippen molar-refractivity contribution < 1.29 is 14.3 Å². The Bertz CT molecular complexity index is 1250. The number of aromatic nitrogens is 2. The maximum Gasteiger partial charge on any atom is 0.224 e. The quantitative estimate of drug-likeness (QED) is 0.392. The number of benzene rings is 3. The van der Waals surface area contributed by atoms with Gasteiger partial charge in [0, 0.05) is 24.5 Å². The Morgan fingerprint density at radius 2 is 1.70 bits per heavy atom. The summed E-state index contributed by atoms with van der Waals surface area (Å²) >= 11 is 6.04. The van der Waals surface area contributed by atoms with Gasteiger partial charge in [0.25, 0.3) is 0 Å². The largest absolute Gasteiger partial charge is 0.493 e. The average molecular weight is 464 g/mol. The number of halogens is 1. The number of imidazole rings is 1. The highest BCUT2D eigenvalue weighted by molar-refractivity contribution is 6.30.